The largest absolute Gasteiger partial charge is 0.497 e. The lowest BCUT2D eigenvalue weighted by molar-refractivity contribution is -0.671. The zero-order chi connectivity index (χ0) is 28.3. The van der Waals surface area contributed by atoms with Crippen LogP contribution in [0.25, 0.3) is 0 Å². The lowest BCUT2D eigenvalue weighted by Gasteiger charge is -2.49. The lowest BCUT2D eigenvalue weighted by Crippen LogP contribution is -2.65. The van der Waals surface area contributed by atoms with Gasteiger partial charge in [-0.05, 0) is 49.8 Å². The Morgan fingerprint density at radius 2 is 1.85 bits per heavy atom. The van der Waals surface area contributed by atoms with Crippen LogP contribution in [0.2, 0.25) is 19.6 Å². The van der Waals surface area contributed by atoms with E-state index in [1.807, 2.05) is 67.3 Å². The molecule has 0 bridgehead atoms. The lowest BCUT2D eigenvalue weighted by atomic mass is 9.76. The van der Waals surface area contributed by atoms with Crippen LogP contribution in [0.5, 0.6) is 5.75 Å². The molecule has 1 aromatic heterocycles. The number of carbonyl (C=O) groups excluding carboxylic acids is 2. The fourth-order valence-corrected chi connectivity index (χ4v) is 7.55. The van der Waals surface area contributed by atoms with Crippen molar-refractivity contribution in [1.82, 2.24) is 4.90 Å². The smallest absolute Gasteiger partial charge is 0.355 e. The number of ether oxygens (including phenoxy) is 2. The van der Waals surface area contributed by atoms with Crippen molar-refractivity contribution in [2.75, 3.05) is 12.9 Å². The minimum Gasteiger partial charge on any atom is -0.497 e. The number of pyridine rings is 1. The van der Waals surface area contributed by atoms with Gasteiger partial charge in [0.25, 0.3) is 0 Å². The minimum atomic E-state index is -1.91. The quantitative estimate of drug-likeness (QED) is 0.132. The van der Waals surface area contributed by atoms with Crippen molar-refractivity contribution in [1.29, 1.82) is 5.26 Å². The van der Waals surface area contributed by atoms with E-state index in [9.17, 15) is 14.9 Å². The zero-order valence-corrected chi connectivity index (χ0v) is 25.2. The van der Waals surface area contributed by atoms with Crippen LogP contribution in [0.4, 0.5) is 0 Å². The van der Waals surface area contributed by atoms with Crippen molar-refractivity contribution in [2.45, 2.75) is 56.6 Å². The van der Waals surface area contributed by atoms with Gasteiger partial charge in [-0.3, -0.25) is 4.79 Å². The van der Waals surface area contributed by atoms with Gasteiger partial charge in [0.15, 0.2) is 20.7 Å². The molecule has 3 heterocycles. The summed E-state index contributed by atoms with van der Waals surface area (Å²) in [5.41, 5.74) is 1.88. The fourth-order valence-electron chi connectivity index (χ4n) is 5.30. The average molecular weight is 567 g/mol. The molecule has 0 N–H and O–H groups in total. The average Bonchev–Trinajstić information content (AvgIpc) is 3.15. The third kappa shape index (κ3) is 6.37. The maximum Gasteiger partial charge on any atom is 0.355 e. The van der Waals surface area contributed by atoms with Crippen LogP contribution in [0.15, 0.2) is 65.0 Å². The standard InChI is InChI=1S/C29H36N3O5SSi/c1-19(37-39(4,5)6)25-26-23(11-14-30)24(18-38-22-12-15-31(2)16-13-22)27(32(26)28(25)33)29(34)36-17-20-7-9-21(35-3)10-8-20/h7-10,12-13,15-16,19,23,25-26H,11,17-18H2,1-6H3/q+1/t19-,23+,25-,26-/m1/s1. The SMILES string of the molecule is COc1ccc(COC(=O)C2=C(CSc3cc[n+](C)cc3)[C@H](CC#N)[C@@H]3[C@@H]([C@@H](C)O[Si](C)(C)C)C(=O)N23)cc1. The van der Waals surface area contributed by atoms with E-state index in [1.165, 1.54) is 0 Å². The number of fused-ring (bicyclic) bond motifs is 1. The summed E-state index contributed by atoms with van der Waals surface area (Å²) >= 11 is 1.58. The molecule has 0 aliphatic carbocycles. The highest BCUT2D eigenvalue weighted by Gasteiger charge is 2.61. The van der Waals surface area contributed by atoms with Gasteiger partial charge in [0.2, 0.25) is 5.91 Å². The van der Waals surface area contributed by atoms with Crippen LogP contribution < -0.4 is 9.30 Å². The first-order chi connectivity index (χ1) is 18.5. The van der Waals surface area contributed by atoms with Crippen LogP contribution in [0.1, 0.15) is 18.9 Å². The number of nitrogens with zero attached hydrogens (tertiary/aromatic N) is 3. The molecule has 1 aromatic carbocycles. The van der Waals surface area contributed by atoms with Gasteiger partial charge >= 0.3 is 5.97 Å². The third-order valence-electron chi connectivity index (χ3n) is 7.01. The Labute approximate surface area is 235 Å². The van der Waals surface area contributed by atoms with Gasteiger partial charge in [-0.25, -0.2) is 9.36 Å². The van der Waals surface area contributed by atoms with E-state index in [1.54, 1.807) is 23.8 Å². The van der Waals surface area contributed by atoms with Gasteiger partial charge in [-0.2, -0.15) is 5.26 Å². The van der Waals surface area contributed by atoms with E-state index in [2.05, 4.69) is 25.7 Å². The van der Waals surface area contributed by atoms with Crippen molar-refractivity contribution in [3.05, 3.63) is 65.6 Å². The summed E-state index contributed by atoms with van der Waals surface area (Å²) in [6, 6.07) is 13.3. The van der Waals surface area contributed by atoms with Gasteiger partial charge in [-0.1, -0.05) is 12.1 Å². The van der Waals surface area contributed by atoms with Crippen LogP contribution in [0, 0.1) is 23.2 Å². The number of carbonyl (C=O) groups is 2. The second kappa shape index (κ2) is 11.9. The number of nitriles is 1. The first kappa shape index (κ1) is 28.9. The molecule has 2 aliphatic rings. The molecule has 10 heteroatoms. The van der Waals surface area contributed by atoms with Gasteiger partial charge < -0.3 is 18.8 Å². The molecule has 1 saturated heterocycles. The molecule has 1 amide bonds. The Balaban J connectivity index is 1.63. The van der Waals surface area contributed by atoms with Crippen molar-refractivity contribution < 1.29 is 28.1 Å². The summed E-state index contributed by atoms with van der Waals surface area (Å²) in [6.45, 7) is 8.27. The number of esters is 1. The molecule has 4 rings (SSSR count). The first-order valence-electron chi connectivity index (χ1n) is 13.0. The molecule has 0 unspecified atom stereocenters. The van der Waals surface area contributed by atoms with Gasteiger partial charge in [0, 0.05) is 35.1 Å². The van der Waals surface area contributed by atoms with E-state index >= 15 is 0 Å². The molecule has 0 saturated carbocycles. The van der Waals surface area contributed by atoms with E-state index in [-0.39, 0.29) is 42.7 Å². The number of hydrogen-bond donors (Lipinski definition) is 0. The fraction of sp³-hybridized carbons (Fsp3) is 0.448. The van der Waals surface area contributed by atoms with Gasteiger partial charge in [-0.15, -0.1) is 11.8 Å². The van der Waals surface area contributed by atoms with Crippen LogP contribution in [0.3, 0.4) is 0 Å². The Bertz CT molecular complexity index is 1280. The number of methoxy groups -OCH3 is 1. The number of hydrogen-bond acceptors (Lipinski definition) is 7. The number of amides is 1. The summed E-state index contributed by atoms with van der Waals surface area (Å²) in [5, 5.41) is 9.75. The number of aryl methyl sites for hydroxylation is 1. The first-order valence-corrected chi connectivity index (χ1v) is 17.4. The predicted octanol–water partition coefficient (Wildman–Crippen LogP) is 4.22. The van der Waals surface area contributed by atoms with E-state index in [0.717, 1.165) is 16.0 Å². The molecule has 1 fully saturated rings. The minimum absolute atomic E-state index is 0.0656. The monoisotopic (exact) mass is 566 g/mol. The molecule has 39 heavy (non-hydrogen) atoms. The molecule has 0 spiro atoms. The second-order valence-corrected chi connectivity index (χ2v) is 16.4. The third-order valence-corrected chi connectivity index (χ3v) is 9.15. The normalized spacial score (nSPS) is 21.2. The number of thioether (sulfide) groups is 1. The topological polar surface area (TPSA) is 92.7 Å². The maximum atomic E-state index is 13.6. The molecule has 4 atom stereocenters. The number of β-lactam (4-membered cyclic amide) rings is 1. The maximum absolute atomic E-state index is 13.6. The summed E-state index contributed by atoms with van der Waals surface area (Å²) in [6.07, 6.45) is 3.83. The Morgan fingerprint density at radius 1 is 1.18 bits per heavy atom. The number of aromatic nitrogens is 1. The molecule has 206 valence electrons. The van der Waals surface area contributed by atoms with Crippen molar-refractivity contribution >= 4 is 32.0 Å². The number of rotatable bonds is 11. The number of benzene rings is 1. The molecular weight excluding hydrogens is 530 g/mol. The van der Waals surface area contributed by atoms with Crippen molar-refractivity contribution in [3.63, 3.8) is 0 Å². The molecule has 2 aromatic rings. The molecule has 0 radical (unpaired) electrons. The van der Waals surface area contributed by atoms with Crippen LogP contribution >= 0.6 is 11.8 Å². The van der Waals surface area contributed by atoms with Gasteiger partial charge in [0.1, 0.15) is 25.1 Å². The molecule has 2 aliphatic heterocycles. The molecule has 8 nitrogen and oxygen atoms in total. The van der Waals surface area contributed by atoms with E-state index in [4.69, 9.17) is 13.9 Å². The predicted molar refractivity (Wildman–Crippen MR) is 150 cm³/mol. The highest BCUT2D eigenvalue weighted by molar-refractivity contribution is 7.99. The van der Waals surface area contributed by atoms with Crippen LogP contribution in [-0.4, -0.2) is 50.1 Å². The summed E-state index contributed by atoms with van der Waals surface area (Å²) in [7, 11) is 1.64. The highest BCUT2D eigenvalue weighted by atomic mass is 32.2. The van der Waals surface area contributed by atoms with Crippen LogP contribution in [-0.2, 0) is 32.4 Å². The molecular formula is C29H36N3O5SSi+. The summed E-state index contributed by atoms with van der Waals surface area (Å²) in [5.74, 6) is -0.164. The Hall–Kier alpha value is -3.13. The summed E-state index contributed by atoms with van der Waals surface area (Å²) in [4.78, 5) is 29.7. The van der Waals surface area contributed by atoms with Crippen molar-refractivity contribution in [2.24, 2.45) is 18.9 Å². The Morgan fingerprint density at radius 3 is 2.44 bits per heavy atom. The second-order valence-electron chi connectivity index (χ2n) is 10.9. The highest BCUT2D eigenvalue weighted by Crippen LogP contribution is 2.50. The summed E-state index contributed by atoms with van der Waals surface area (Å²) < 4.78 is 19.2. The van der Waals surface area contributed by atoms with E-state index < -0.39 is 20.2 Å². The Kier molecular flexibility index (Phi) is 8.84. The zero-order valence-electron chi connectivity index (χ0n) is 23.3. The van der Waals surface area contributed by atoms with Crippen molar-refractivity contribution in [3.8, 4) is 11.8 Å². The van der Waals surface area contributed by atoms with Gasteiger partial charge in [0.05, 0.1) is 31.2 Å². The van der Waals surface area contributed by atoms with E-state index in [0.29, 0.717) is 11.5 Å².